The van der Waals surface area contributed by atoms with Crippen LogP contribution in [0.2, 0.25) is 0 Å². The van der Waals surface area contributed by atoms with Crippen LogP contribution < -0.4 is 4.74 Å². The number of ether oxygens (including phenoxy) is 1. The van der Waals surface area contributed by atoms with Gasteiger partial charge in [-0.3, -0.25) is 10.1 Å². The third-order valence-corrected chi connectivity index (χ3v) is 3.37. The first-order valence-electron chi connectivity index (χ1n) is 5.42. The molecule has 0 spiro atoms. The summed E-state index contributed by atoms with van der Waals surface area (Å²) in [5.74, 6) is 1.10. The zero-order chi connectivity index (χ0) is 13.8. The molecule has 6 heteroatoms. The van der Waals surface area contributed by atoms with Crippen LogP contribution in [0.4, 0.5) is 5.69 Å². The molecule has 0 aromatic heterocycles. The first-order chi connectivity index (χ1) is 9.06. The van der Waals surface area contributed by atoms with Crippen molar-refractivity contribution in [1.29, 1.82) is 0 Å². The van der Waals surface area contributed by atoms with Crippen LogP contribution in [0.15, 0.2) is 53.4 Å². The molecule has 0 saturated carbocycles. The number of hydrogen-bond donors (Lipinski definition) is 0. The highest BCUT2D eigenvalue weighted by molar-refractivity contribution is 7.90. The van der Waals surface area contributed by atoms with Gasteiger partial charge in [-0.2, -0.15) is 0 Å². The van der Waals surface area contributed by atoms with E-state index in [1.165, 1.54) is 24.3 Å². The van der Waals surface area contributed by atoms with Crippen molar-refractivity contribution in [3.8, 4) is 11.5 Å². The fourth-order valence-electron chi connectivity index (χ4n) is 1.47. The molecule has 2 rings (SSSR count). The SMILES string of the molecule is C[S+]([O-])c1ccc(Oc2ccc([N+](=O)[O-])cc2)cc1. The lowest BCUT2D eigenvalue weighted by atomic mass is 10.3. The van der Waals surface area contributed by atoms with Gasteiger partial charge in [0.2, 0.25) is 0 Å². The van der Waals surface area contributed by atoms with Crippen molar-refractivity contribution in [3.63, 3.8) is 0 Å². The molecule has 0 N–H and O–H groups in total. The smallest absolute Gasteiger partial charge is 0.269 e. The van der Waals surface area contributed by atoms with Gasteiger partial charge in [-0.15, -0.1) is 0 Å². The van der Waals surface area contributed by atoms with E-state index in [0.29, 0.717) is 11.5 Å². The minimum Gasteiger partial charge on any atom is -0.612 e. The van der Waals surface area contributed by atoms with Crippen LogP contribution in [-0.2, 0) is 11.2 Å². The lowest BCUT2D eigenvalue weighted by Crippen LogP contribution is -1.96. The molecule has 1 atom stereocenters. The van der Waals surface area contributed by atoms with Crippen molar-refractivity contribution in [3.05, 3.63) is 58.6 Å². The van der Waals surface area contributed by atoms with E-state index in [1.807, 2.05) is 0 Å². The van der Waals surface area contributed by atoms with E-state index in [1.54, 1.807) is 30.5 Å². The molecule has 1 unspecified atom stereocenters. The Morgan fingerprint density at radius 1 is 1.00 bits per heavy atom. The Hall–Kier alpha value is -2.05. The van der Waals surface area contributed by atoms with Crippen molar-refractivity contribution in [2.24, 2.45) is 0 Å². The van der Waals surface area contributed by atoms with Crippen LogP contribution in [0.1, 0.15) is 0 Å². The third kappa shape index (κ3) is 3.46. The molecule has 2 aromatic rings. The van der Waals surface area contributed by atoms with E-state index in [2.05, 4.69) is 0 Å². The summed E-state index contributed by atoms with van der Waals surface area (Å²) in [6.07, 6.45) is 1.60. The van der Waals surface area contributed by atoms with Crippen LogP contribution in [0.3, 0.4) is 0 Å². The molecule has 0 fully saturated rings. The van der Waals surface area contributed by atoms with Gasteiger partial charge < -0.3 is 9.29 Å². The van der Waals surface area contributed by atoms with Crippen LogP contribution in [-0.4, -0.2) is 15.7 Å². The molecule has 0 aliphatic rings. The van der Waals surface area contributed by atoms with Gasteiger partial charge in [0, 0.05) is 12.1 Å². The Bertz CT molecular complexity index is 566. The Balaban J connectivity index is 2.10. The van der Waals surface area contributed by atoms with Crippen LogP contribution >= 0.6 is 0 Å². The molecule has 98 valence electrons. The maximum Gasteiger partial charge on any atom is 0.269 e. The predicted octanol–water partition coefficient (Wildman–Crippen LogP) is 3.12. The molecule has 19 heavy (non-hydrogen) atoms. The number of nitro groups is 1. The highest BCUT2D eigenvalue weighted by Gasteiger charge is 2.06. The number of hydrogen-bond acceptors (Lipinski definition) is 4. The highest BCUT2D eigenvalue weighted by Crippen LogP contribution is 2.24. The number of nitro benzene ring substituents is 1. The third-order valence-electron chi connectivity index (χ3n) is 2.44. The van der Waals surface area contributed by atoms with E-state index in [0.717, 1.165) is 4.90 Å². The Morgan fingerprint density at radius 3 is 1.89 bits per heavy atom. The Kier molecular flexibility index (Phi) is 4.03. The maximum atomic E-state index is 11.2. The molecule has 5 nitrogen and oxygen atoms in total. The van der Waals surface area contributed by atoms with Gasteiger partial charge in [0.1, 0.15) is 17.8 Å². The largest absolute Gasteiger partial charge is 0.612 e. The lowest BCUT2D eigenvalue weighted by Gasteiger charge is -2.07. The summed E-state index contributed by atoms with van der Waals surface area (Å²) in [5, 5.41) is 10.5. The number of rotatable bonds is 4. The van der Waals surface area contributed by atoms with Gasteiger partial charge in [0.25, 0.3) is 5.69 Å². The van der Waals surface area contributed by atoms with E-state index >= 15 is 0 Å². The summed E-state index contributed by atoms with van der Waals surface area (Å²) >= 11 is -1.02. The molecule has 0 amide bonds. The van der Waals surface area contributed by atoms with Crippen LogP contribution in [0.5, 0.6) is 11.5 Å². The fraction of sp³-hybridized carbons (Fsp3) is 0.0769. The van der Waals surface area contributed by atoms with Crippen LogP contribution in [0, 0.1) is 10.1 Å². The topological polar surface area (TPSA) is 75.4 Å². The van der Waals surface area contributed by atoms with Crippen molar-refractivity contribution in [2.75, 3.05) is 6.26 Å². The Morgan fingerprint density at radius 2 is 1.47 bits per heavy atom. The molecule has 2 aromatic carbocycles. The van der Waals surface area contributed by atoms with Crippen molar-refractivity contribution in [1.82, 2.24) is 0 Å². The second kappa shape index (κ2) is 5.73. The van der Waals surface area contributed by atoms with E-state index in [9.17, 15) is 14.7 Å². The second-order valence-corrected chi connectivity index (χ2v) is 5.16. The Labute approximate surface area is 113 Å². The molecule has 0 bridgehead atoms. The maximum absolute atomic E-state index is 11.2. The van der Waals surface area contributed by atoms with E-state index < -0.39 is 16.1 Å². The summed E-state index contributed by atoms with van der Waals surface area (Å²) in [6, 6.07) is 12.7. The van der Waals surface area contributed by atoms with Gasteiger partial charge in [0.15, 0.2) is 4.90 Å². The normalized spacial score (nSPS) is 11.9. The minimum absolute atomic E-state index is 0.0177. The summed E-state index contributed by atoms with van der Waals surface area (Å²) in [7, 11) is 0. The summed E-state index contributed by atoms with van der Waals surface area (Å²) in [6.45, 7) is 0. The quantitative estimate of drug-likeness (QED) is 0.489. The monoisotopic (exact) mass is 277 g/mol. The number of nitrogens with zero attached hydrogens (tertiary/aromatic N) is 1. The zero-order valence-corrected chi connectivity index (χ0v) is 10.9. The molecular weight excluding hydrogens is 266 g/mol. The summed E-state index contributed by atoms with van der Waals surface area (Å²) in [5.41, 5.74) is 0.0177. The van der Waals surface area contributed by atoms with Crippen molar-refractivity contribution >= 4 is 16.9 Å². The van der Waals surface area contributed by atoms with Gasteiger partial charge in [-0.05, 0) is 47.6 Å². The zero-order valence-electron chi connectivity index (χ0n) is 10.1. The highest BCUT2D eigenvalue weighted by atomic mass is 32.2. The summed E-state index contributed by atoms with van der Waals surface area (Å²) < 4.78 is 16.7. The van der Waals surface area contributed by atoms with Crippen LogP contribution in [0.25, 0.3) is 0 Å². The predicted molar refractivity (Wildman–Crippen MR) is 71.9 cm³/mol. The van der Waals surface area contributed by atoms with Gasteiger partial charge in [-0.1, -0.05) is 0 Å². The van der Waals surface area contributed by atoms with Crippen molar-refractivity contribution in [2.45, 2.75) is 4.90 Å². The van der Waals surface area contributed by atoms with E-state index in [-0.39, 0.29) is 5.69 Å². The minimum atomic E-state index is -1.02. The standard InChI is InChI=1S/C13H11NO4S/c1-19(17)13-8-6-12(7-9-13)18-11-4-2-10(3-5-11)14(15)16/h2-9H,1H3. The first kappa shape index (κ1) is 13.4. The number of non-ortho nitro benzene ring substituents is 1. The number of benzene rings is 2. The average Bonchev–Trinajstić information content (AvgIpc) is 2.40. The molecule has 0 saturated heterocycles. The second-order valence-electron chi connectivity index (χ2n) is 3.78. The average molecular weight is 277 g/mol. The van der Waals surface area contributed by atoms with Crippen molar-refractivity contribution < 1.29 is 14.2 Å². The van der Waals surface area contributed by atoms with E-state index in [4.69, 9.17) is 4.74 Å². The van der Waals surface area contributed by atoms with Gasteiger partial charge in [-0.25, -0.2) is 0 Å². The molecule has 0 aliphatic heterocycles. The molecule has 0 aliphatic carbocycles. The molecular formula is C13H11NO4S. The molecule has 0 radical (unpaired) electrons. The van der Waals surface area contributed by atoms with Gasteiger partial charge >= 0.3 is 0 Å². The summed E-state index contributed by atoms with van der Waals surface area (Å²) in [4.78, 5) is 10.8. The van der Waals surface area contributed by atoms with Gasteiger partial charge in [0.05, 0.1) is 4.92 Å². The first-order valence-corrected chi connectivity index (χ1v) is 6.98. The fourth-order valence-corrected chi connectivity index (χ4v) is 1.99. The molecule has 0 heterocycles. The lowest BCUT2D eigenvalue weighted by molar-refractivity contribution is -0.384.